The molecule has 28 heavy (non-hydrogen) atoms. The average molecular weight is 403 g/mol. The Labute approximate surface area is 166 Å². The van der Waals surface area contributed by atoms with Crippen LogP contribution in [0.15, 0.2) is 47.4 Å². The van der Waals surface area contributed by atoms with Crippen LogP contribution in [0.25, 0.3) is 0 Å². The van der Waals surface area contributed by atoms with Crippen LogP contribution in [0.2, 0.25) is 0 Å². The number of hydrogen-bond acceptors (Lipinski definition) is 4. The summed E-state index contributed by atoms with van der Waals surface area (Å²) in [4.78, 5) is 12.7. The minimum absolute atomic E-state index is 0.0284. The van der Waals surface area contributed by atoms with Gasteiger partial charge in [0.05, 0.1) is 7.11 Å². The SMILES string of the molecule is COc1ccc(C(=O)Nc2cccc(C)c2)cc1S(=O)(=O)N1CCCC[C@@H]1C. The van der Waals surface area contributed by atoms with Crippen LogP contribution in [-0.4, -0.2) is 38.3 Å². The Bertz CT molecular complexity index is 972. The van der Waals surface area contributed by atoms with E-state index in [1.54, 1.807) is 12.1 Å². The molecule has 1 aliphatic rings. The Hall–Kier alpha value is -2.38. The number of hydrogen-bond donors (Lipinski definition) is 1. The molecule has 1 atom stereocenters. The second-order valence-corrected chi connectivity index (χ2v) is 9.01. The summed E-state index contributed by atoms with van der Waals surface area (Å²) in [6.45, 7) is 4.33. The Morgan fingerprint density at radius 3 is 2.64 bits per heavy atom. The highest BCUT2D eigenvalue weighted by molar-refractivity contribution is 7.89. The molecule has 2 aromatic carbocycles. The second-order valence-electron chi connectivity index (χ2n) is 7.15. The van der Waals surface area contributed by atoms with Gasteiger partial charge in [-0.05, 0) is 62.6 Å². The van der Waals surface area contributed by atoms with Gasteiger partial charge in [0.15, 0.2) is 0 Å². The van der Waals surface area contributed by atoms with Crippen LogP contribution < -0.4 is 10.1 Å². The van der Waals surface area contributed by atoms with Gasteiger partial charge in [-0.1, -0.05) is 18.6 Å². The third kappa shape index (κ3) is 4.20. The highest BCUT2D eigenvalue weighted by Crippen LogP contribution is 2.32. The van der Waals surface area contributed by atoms with Crippen molar-refractivity contribution in [2.75, 3.05) is 19.0 Å². The number of ether oxygens (including phenoxy) is 1. The lowest BCUT2D eigenvalue weighted by atomic mass is 10.1. The Kier molecular flexibility index (Phi) is 6.05. The van der Waals surface area contributed by atoms with Gasteiger partial charge in [0, 0.05) is 23.8 Å². The van der Waals surface area contributed by atoms with Gasteiger partial charge in [0.25, 0.3) is 5.91 Å². The molecule has 150 valence electrons. The lowest BCUT2D eigenvalue weighted by Gasteiger charge is -2.32. The lowest BCUT2D eigenvalue weighted by Crippen LogP contribution is -2.42. The average Bonchev–Trinajstić information content (AvgIpc) is 2.67. The van der Waals surface area contributed by atoms with Gasteiger partial charge in [-0.2, -0.15) is 4.31 Å². The lowest BCUT2D eigenvalue weighted by molar-refractivity contribution is 0.102. The first kappa shape index (κ1) is 20.4. The number of carbonyl (C=O) groups is 1. The number of sulfonamides is 1. The van der Waals surface area contributed by atoms with E-state index in [2.05, 4.69) is 5.32 Å². The molecule has 0 aliphatic carbocycles. The van der Waals surface area contributed by atoms with E-state index in [9.17, 15) is 13.2 Å². The van der Waals surface area contributed by atoms with Crippen LogP contribution in [-0.2, 0) is 10.0 Å². The van der Waals surface area contributed by atoms with Crippen molar-refractivity contribution in [3.63, 3.8) is 0 Å². The number of rotatable bonds is 5. The zero-order valence-electron chi connectivity index (χ0n) is 16.4. The molecule has 2 aromatic rings. The number of nitrogens with zero attached hydrogens (tertiary/aromatic N) is 1. The minimum atomic E-state index is -3.76. The zero-order valence-corrected chi connectivity index (χ0v) is 17.3. The molecule has 0 aromatic heterocycles. The van der Waals surface area contributed by atoms with Gasteiger partial charge in [0.1, 0.15) is 10.6 Å². The Morgan fingerprint density at radius 2 is 1.96 bits per heavy atom. The van der Waals surface area contributed by atoms with Gasteiger partial charge >= 0.3 is 0 Å². The molecule has 1 saturated heterocycles. The summed E-state index contributed by atoms with van der Waals surface area (Å²) in [7, 11) is -2.33. The predicted octanol–water partition coefficient (Wildman–Crippen LogP) is 3.82. The third-order valence-electron chi connectivity index (χ3n) is 5.03. The minimum Gasteiger partial charge on any atom is -0.495 e. The molecule has 1 N–H and O–H groups in total. The van der Waals surface area contributed by atoms with E-state index in [0.29, 0.717) is 12.2 Å². The van der Waals surface area contributed by atoms with E-state index in [-0.39, 0.29) is 28.2 Å². The normalized spacial score (nSPS) is 17.9. The van der Waals surface area contributed by atoms with Crippen molar-refractivity contribution < 1.29 is 17.9 Å². The summed E-state index contributed by atoms with van der Waals surface area (Å²) in [6, 6.07) is 11.9. The molecule has 0 radical (unpaired) electrons. The van der Waals surface area contributed by atoms with Crippen molar-refractivity contribution in [1.29, 1.82) is 0 Å². The first-order valence-electron chi connectivity index (χ1n) is 9.41. The first-order valence-corrected chi connectivity index (χ1v) is 10.8. The maximum atomic E-state index is 13.3. The molecule has 1 aliphatic heterocycles. The number of nitrogens with one attached hydrogen (secondary N) is 1. The fourth-order valence-corrected chi connectivity index (χ4v) is 5.38. The summed E-state index contributed by atoms with van der Waals surface area (Å²) in [5, 5.41) is 2.82. The van der Waals surface area contributed by atoms with Crippen LogP contribution in [0.1, 0.15) is 42.1 Å². The molecule has 0 spiro atoms. The van der Waals surface area contributed by atoms with Gasteiger partial charge in [-0.3, -0.25) is 4.79 Å². The standard InChI is InChI=1S/C21H26N2O4S/c1-15-7-6-9-18(13-15)22-21(24)17-10-11-19(27-3)20(14-17)28(25,26)23-12-5-4-8-16(23)2/h6-7,9-11,13-14,16H,4-5,8,12H2,1-3H3,(H,22,24)/t16-/m0/s1. The fourth-order valence-electron chi connectivity index (χ4n) is 3.50. The molecule has 7 heteroatoms. The van der Waals surface area contributed by atoms with Crippen molar-refractivity contribution in [2.45, 2.75) is 44.0 Å². The summed E-state index contributed by atoms with van der Waals surface area (Å²) in [5.74, 6) is -0.124. The molecular weight excluding hydrogens is 376 g/mol. The van der Waals surface area contributed by atoms with Gasteiger partial charge < -0.3 is 10.1 Å². The smallest absolute Gasteiger partial charge is 0.255 e. The number of piperidine rings is 1. The molecule has 0 bridgehead atoms. The number of aryl methyl sites for hydroxylation is 1. The molecule has 1 amide bonds. The van der Waals surface area contributed by atoms with E-state index in [0.717, 1.165) is 24.8 Å². The van der Waals surface area contributed by atoms with Crippen molar-refractivity contribution in [2.24, 2.45) is 0 Å². The van der Waals surface area contributed by atoms with E-state index in [4.69, 9.17) is 4.74 Å². The number of benzene rings is 2. The summed E-state index contributed by atoms with van der Waals surface area (Å²) in [5.41, 5.74) is 1.95. The van der Waals surface area contributed by atoms with E-state index >= 15 is 0 Å². The topological polar surface area (TPSA) is 75.7 Å². The Balaban J connectivity index is 1.94. The van der Waals surface area contributed by atoms with Crippen molar-refractivity contribution in [3.8, 4) is 5.75 Å². The largest absolute Gasteiger partial charge is 0.495 e. The van der Waals surface area contributed by atoms with Crippen LogP contribution in [0, 0.1) is 6.92 Å². The number of amides is 1. The van der Waals surface area contributed by atoms with Crippen molar-refractivity contribution in [1.82, 2.24) is 4.31 Å². The zero-order chi connectivity index (χ0) is 20.3. The first-order chi connectivity index (χ1) is 13.3. The molecular formula is C21H26N2O4S. The Morgan fingerprint density at radius 1 is 1.18 bits per heavy atom. The van der Waals surface area contributed by atoms with Gasteiger partial charge in [0.2, 0.25) is 10.0 Å². The van der Waals surface area contributed by atoms with Gasteiger partial charge in [-0.25, -0.2) is 8.42 Å². The number of anilines is 1. The predicted molar refractivity (Wildman–Crippen MR) is 109 cm³/mol. The maximum absolute atomic E-state index is 13.3. The van der Waals surface area contributed by atoms with Crippen LogP contribution in [0.5, 0.6) is 5.75 Å². The molecule has 1 heterocycles. The molecule has 1 fully saturated rings. The number of carbonyl (C=O) groups excluding carboxylic acids is 1. The maximum Gasteiger partial charge on any atom is 0.255 e. The quantitative estimate of drug-likeness (QED) is 0.825. The second kappa shape index (κ2) is 8.32. The molecule has 6 nitrogen and oxygen atoms in total. The van der Waals surface area contributed by atoms with E-state index < -0.39 is 10.0 Å². The van der Waals surface area contributed by atoms with Crippen LogP contribution in [0.3, 0.4) is 0 Å². The van der Waals surface area contributed by atoms with E-state index in [1.165, 1.54) is 23.5 Å². The summed E-state index contributed by atoms with van der Waals surface area (Å²) < 4.78 is 33.3. The van der Waals surface area contributed by atoms with E-state index in [1.807, 2.05) is 32.0 Å². The third-order valence-corrected chi connectivity index (χ3v) is 7.07. The fraction of sp³-hybridized carbons (Fsp3) is 0.381. The number of methoxy groups -OCH3 is 1. The summed E-state index contributed by atoms with van der Waals surface area (Å²) in [6.07, 6.45) is 2.68. The highest BCUT2D eigenvalue weighted by atomic mass is 32.2. The van der Waals surface area contributed by atoms with Gasteiger partial charge in [-0.15, -0.1) is 0 Å². The van der Waals surface area contributed by atoms with Crippen molar-refractivity contribution in [3.05, 3.63) is 53.6 Å². The highest BCUT2D eigenvalue weighted by Gasteiger charge is 2.33. The van der Waals surface area contributed by atoms with Crippen molar-refractivity contribution >= 4 is 21.6 Å². The van der Waals surface area contributed by atoms with Crippen LogP contribution >= 0.6 is 0 Å². The monoisotopic (exact) mass is 402 g/mol. The molecule has 0 saturated carbocycles. The van der Waals surface area contributed by atoms with Crippen LogP contribution in [0.4, 0.5) is 5.69 Å². The molecule has 0 unspecified atom stereocenters. The summed E-state index contributed by atoms with van der Waals surface area (Å²) >= 11 is 0. The molecule has 3 rings (SSSR count).